The van der Waals surface area contributed by atoms with Crippen LogP contribution in [0.4, 0.5) is 5.69 Å². The predicted octanol–water partition coefficient (Wildman–Crippen LogP) is 2.22. The van der Waals surface area contributed by atoms with Gasteiger partial charge in [-0.05, 0) is 18.6 Å². The van der Waals surface area contributed by atoms with E-state index >= 15 is 0 Å². The summed E-state index contributed by atoms with van der Waals surface area (Å²) >= 11 is 0. The van der Waals surface area contributed by atoms with Crippen LogP contribution in [0.3, 0.4) is 0 Å². The van der Waals surface area contributed by atoms with E-state index in [4.69, 9.17) is 10.5 Å². The van der Waals surface area contributed by atoms with E-state index in [1.165, 1.54) is 0 Å². The van der Waals surface area contributed by atoms with Crippen LogP contribution in [0.1, 0.15) is 6.42 Å². The number of anilines is 1. The second kappa shape index (κ2) is 4.44. The average Bonchev–Trinajstić information content (AvgIpc) is 2.09. The number of rotatable bonds is 4. The molecule has 64 valence electrons. The van der Waals surface area contributed by atoms with Crippen molar-refractivity contribution in [2.75, 3.05) is 12.3 Å². The number of hydrogen-bond donors (Lipinski definition) is 1. The van der Waals surface area contributed by atoms with E-state index in [9.17, 15) is 0 Å². The molecule has 2 heteroatoms. The third-order valence-electron chi connectivity index (χ3n) is 1.50. The Morgan fingerprint density at radius 1 is 1.42 bits per heavy atom. The molecule has 0 unspecified atom stereocenters. The Balaban J connectivity index is 2.51. The molecule has 0 spiro atoms. The van der Waals surface area contributed by atoms with Crippen molar-refractivity contribution >= 4 is 5.69 Å². The second-order valence-corrected chi connectivity index (χ2v) is 2.46. The molecule has 0 radical (unpaired) electrons. The van der Waals surface area contributed by atoms with Crippen LogP contribution in [0.25, 0.3) is 0 Å². The van der Waals surface area contributed by atoms with Crippen LogP contribution >= 0.6 is 0 Å². The molecule has 2 N–H and O–H groups in total. The van der Waals surface area contributed by atoms with Gasteiger partial charge in [-0.1, -0.05) is 18.2 Å². The van der Waals surface area contributed by atoms with E-state index in [2.05, 4.69) is 6.58 Å². The zero-order valence-electron chi connectivity index (χ0n) is 6.99. The van der Waals surface area contributed by atoms with Crippen molar-refractivity contribution in [1.82, 2.24) is 0 Å². The highest BCUT2D eigenvalue weighted by Crippen LogP contribution is 2.19. The lowest BCUT2D eigenvalue weighted by Gasteiger charge is -2.06. The first-order valence-corrected chi connectivity index (χ1v) is 3.93. The van der Waals surface area contributed by atoms with Gasteiger partial charge < -0.3 is 10.5 Å². The molecule has 1 rings (SSSR count). The molecule has 1 aromatic rings. The minimum atomic E-state index is 0.637. The van der Waals surface area contributed by atoms with Crippen molar-refractivity contribution < 1.29 is 4.74 Å². The number of nitrogens with two attached hydrogens (primary N) is 1. The SMILES string of the molecule is C=CCCOc1ccccc1N. The van der Waals surface area contributed by atoms with Crippen molar-refractivity contribution in [3.63, 3.8) is 0 Å². The van der Waals surface area contributed by atoms with Gasteiger partial charge in [0.05, 0.1) is 12.3 Å². The van der Waals surface area contributed by atoms with Gasteiger partial charge in [0.15, 0.2) is 0 Å². The highest BCUT2D eigenvalue weighted by molar-refractivity contribution is 5.51. The first kappa shape index (κ1) is 8.65. The molecule has 0 aliphatic heterocycles. The van der Waals surface area contributed by atoms with Crippen LogP contribution in [-0.2, 0) is 0 Å². The third kappa shape index (κ3) is 2.31. The van der Waals surface area contributed by atoms with E-state index in [0.717, 1.165) is 12.2 Å². The van der Waals surface area contributed by atoms with Gasteiger partial charge in [-0.2, -0.15) is 0 Å². The van der Waals surface area contributed by atoms with E-state index in [1.54, 1.807) is 0 Å². The Morgan fingerprint density at radius 2 is 2.17 bits per heavy atom. The van der Waals surface area contributed by atoms with Crippen molar-refractivity contribution in [1.29, 1.82) is 0 Å². The zero-order chi connectivity index (χ0) is 8.81. The van der Waals surface area contributed by atoms with Crippen LogP contribution < -0.4 is 10.5 Å². The Kier molecular flexibility index (Phi) is 3.20. The fourth-order valence-electron chi connectivity index (χ4n) is 0.864. The Hall–Kier alpha value is -1.44. The van der Waals surface area contributed by atoms with Crippen molar-refractivity contribution in [3.05, 3.63) is 36.9 Å². The van der Waals surface area contributed by atoms with E-state index < -0.39 is 0 Å². The summed E-state index contributed by atoms with van der Waals surface area (Å²) < 4.78 is 5.38. The molecule has 0 saturated heterocycles. The Bertz CT molecular complexity index is 258. The van der Waals surface area contributed by atoms with Crippen molar-refractivity contribution in [3.8, 4) is 5.75 Å². The van der Waals surface area contributed by atoms with Gasteiger partial charge >= 0.3 is 0 Å². The molecule has 0 amide bonds. The summed E-state index contributed by atoms with van der Waals surface area (Å²) in [4.78, 5) is 0. The van der Waals surface area contributed by atoms with Gasteiger partial charge in [-0.25, -0.2) is 0 Å². The molecule has 0 aliphatic carbocycles. The van der Waals surface area contributed by atoms with E-state index in [-0.39, 0.29) is 0 Å². The van der Waals surface area contributed by atoms with Crippen LogP contribution in [0.2, 0.25) is 0 Å². The molecule has 0 bridgehead atoms. The maximum absolute atomic E-state index is 5.65. The molecular formula is C10H13NO. The minimum Gasteiger partial charge on any atom is -0.491 e. The molecular weight excluding hydrogens is 150 g/mol. The maximum atomic E-state index is 5.65. The monoisotopic (exact) mass is 163 g/mol. The maximum Gasteiger partial charge on any atom is 0.142 e. The lowest BCUT2D eigenvalue weighted by atomic mass is 10.3. The Morgan fingerprint density at radius 3 is 2.83 bits per heavy atom. The number of benzene rings is 1. The van der Waals surface area contributed by atoms with Gasteiger partial charge in [0.2, 0.25) is 0 Å². The molecule has 1 aromatic carbocycles. The molecule has 0 heterocycles. The lowest BCUT2D eigenvalue weighted by molar-refractivity contribution is 0.327. The second-order valence-electron chi connectivity index (χ2n) is 2.46. The summed E-state index contributed by atoms with van der Waals surface area (Å²) in [5.41, 5.74) is 6.33. The van der Waals surface area contributed by atoms with E-state index in [1.807, 2.05) is 30.3 Å². The normalized spacial score (nSPS) is 9.33. The number of nitrogen functional groups attached to an aromatic ring is 1. The Labute approximate surface area is 72.7 Å². The summed E-state index contributed by atoms with van der Waals surface area (Å²) in [6.07, 6.45) is 2.66. The first-order chi connectivity index (χ1) is 5.84. The van der Waals surface area contributed by atoms with Crippen LogP contribution in [-0.4, -0.2) is 6.61 Å². The summed E-state index contributed by atoms with van der Waals surface area (Å²) in [5, 5.41) is 0. The molecule has 12 heavy (non-hydrogen) atoms. The number of para-hydroxylation sites is 2. The van der Waals surface area contributed by atoms with Crippen LogP contribution in [0, 0.1) is 0 Å². The first-order valence-electron chi connectivity index (χ1n) is 3.93. The predicted molar refractivity (Wildman–Crippen MR) is 51.2 cm³/mol. The number of hydrogen-bond acceptors (Lipinski definition) is 2. The average molecular weight is 163 g/mol. The van der Waals surface area contributed by atoms with Crippen LogP contribution in [0.15, 0.2) is 36.9 Å². The molecule has 0 saturated carbocycles. The number of ether oxygens (including phenoxy) is 1. The van der Waals surface area contributed by atoms with Gasteiger partial charge in [0.25, 0.3) is 0 Å². The summed E-state index contributed by atoms with van der Waals surface area (Å²) in [6, 6.07) is 7.47. The van der Waals surface area contributed by atoms with Gasteiger partial charge in [0.1, 0.15) is 5.75 Å². The van der Waals surface area contributed by atoms with Gasteiger partial charge in [-0.3, -0.25) is 0 Å². The van der Waals surface area contributed by atoms with Gasteiger partial charge in [0, 0.05) is 0 Å². The lowest BCUT2D eigenvalue weighted by Crippen LogP contribution is -1.98. The summed E-state index contributed by atoms with van der Waals surface area (Å²) in [5.74, 6) is 0.749. The summed E-state index contributed by atoms with van der Waals surface area (Å²) in [6.45, 7) is 4.24. The topological polar surface area (TPSA) is 35.2 Å². The van der Waals surface area contributed by atoms with Crippen LogP contribution in [0.5, 0.6) is 5.75 Å². The standard InChI is InChI=1S/C10H13NO/c1-2-3-8-12-10-7-5-4-6-9(10)11/h2,4-7H,1,3,8,11H2. The minimum absolute atomic E-state index is 0.637. The highest BCUT2D eigenvalue weighted by atomic mass is 16.5. The van der Waals surface area contributed by atoms with Crippen molar-refractivity contribution in [2.45, 2.75) is 6.42 Å². The fourth-order valence-corrected chi connectivity index (χ4v) is 0.864. The smallest absolute Gasteiger partial charge is 0.142 e. The molecule has 0 aromatic heterocycles. The third-order valence-corrected chi connectivity index (χ3v) is 1.50. The summed E-state index contributed by atoms with van der Waals surface area (Å²) in [7, 11) is 0. The molecule has 0 atom stereocenters. The molecule has 2 nitrogen and oxygen atoms in total. The van der Waals surface area contributed by atoms with Gasteiger partial charge in [-0.15, -0.1) is 6.58 Å². The fraction of sp³-hybridized carbons (Fsp3) is 0.200. The van der Waals surface area contributed by atoms with E-state index in [0.29, 0.717) is 12.3 Å². The highest BCUT2D eigenvalue weighted by Gasteiger charge is 1.95. The zero-order valence-corrected chi connectivity index (χ0v) is 6.99. The molecule has 0 aliphatic rings. The quantitative estimate of drug-likeness (QED) is 0.419. The van der Waals surface area contributed by atoms with Crippen molar-refractivity contribution in [2.24, 2.45) is 0 Å². The largest absolute Gasteiger partial charge is 0.491 e. The molecule has 0 fully saturated rings.